The lowest BCUT2D eigenvalue weighted by Crippen LogP contribution is -2.75. The lowest BCUT2D eigenvalue weighted by Gasteiger charge is -2.52. The Hall–Kier alpha value is -3.39. The van der Waals surface area contributed by atoms with Gasteiger partial charge in [-0.2, -0.15) is 0 Å². The Morgan fingerprint density at radius 2 is 1.72 bits per heavy atom. The largest absolute Gasteiger partial charge is 0.493 e. The lowest BCUT2D eigenvalue weighted by molar-refractivity contribution is -0.166. The standard InChI is InChI=1S/C33H46N4O8S/c1-43-20-19-37-31(39)29(30(38)24-7-5-4-6-8-24)34-32(40)33(37)15-17-36(18-16-33)22-23-9-12-26(13-10-23)45-27-14-11-25(21-28(27)44-2)35-46(3,41)42/h9-14,21,24,29-30,35,38H,4-8,15-20,22H2,1-3H3,(H,34,40)/t29-,30-/m1/s1. The summed E-state index contributed by atoms with van der Waals surface area (Å²) >= 11 is 0. The van der Waals surface area contributed by atoms with Crippen molar-refractivity contribution in [2.24, 2.45) is 5.92 Å². The van der Waals surface area contributed by atoms with E-state index in [1.54, 1.807) is 30.2 Å². The van der Waals surface area contributed by atoms with E-state index >= 15 is 0 Å². The van der Waals surface area contributed by atoms with Gasteiger partial charge in [-0.1, -0.05) is 31.4 Å². The molecule has 0 aromatic heterocycles. The molecule has 2 atom stereocenters. The molecule has 46 heavy (non-hydrogen) atoms. The Bertz CT molecular complexity index is 1470. The monoisotopic (exact) mass is 658 g/mol. The summed E-state index contributed by atoms with van der Waals surface area (Å²) in [5, 5.41) is 14.1. The number of nitrogens with zero attached hydrogens (tertiary/aromatic N) is 2. The van der Waals surface area contributed by atoms with Crippen molar-refractivity contribution in [3.05, 3.63) is 48.0 Å². The molecule has 1 spiro atoms. The van der Waals surface area contributed by atoms with Gasteiger partial charge < -0.3 is 29.5 Å². The molecule has 3 aliphatic rings. The number of ether oxygens (including phenoxy) is 3. The average Bonchev–Trinajstić information content (AvgIpc) is 3.04. The lowest BCUT2D eigenvalue weighted by atomic mass is 9.78. The van der Waals surface area contributed by atoms with Crippen molar-refractivity contribution in [1.29, 1.82) is 0 Å². The van der Waals surface area contributed by atoms with Gasteiger partial charge in [0.1, 0.15) is 17.3 Å². The molecule has 0 unspecified atom stereocenters. The normalized spacial score (nSPS) is 21.6. The summed E-state index contributed by atoms with van der Waals surface area (Å²) in [5.41, 5.74) is 0.482. The number of methoxy groups -OCH3 is 2. The number of hydrogen-bond acceptors (Lipinski definition) is 9. The minimum Gasteiger partial charge on any atom is -0.493 e. The number of sulfonamides is 1. The van der Waals surface area contributed by atoms with Gasteiger partial charge in [-0.25, -0.2) is 8.42 Å². The topological polar surface area (TPSA) is 147 Å². The first-order valence-electron chi connectivity index (χ1n) is 16.0. The van der Waals surface area contributed by atoms with Crippen molar-refractivity contribution in [1.82, 2.24) is 15.1 Å². The van der Waals surface area contributed by atoms with Gasteiger partial charge in [0, 0.05) is 39.4 Å². The number of amides is 2. The molecule has 2 aromatic rings. The fourth-order valence-electron chi connectivity index (χ4n) is 6.98. The fourth-order valence-corrected chi connectivity index (χ4v) is 7.54. The summed E-state index contributed by atoms with van der Waals surface area (Å²) in [7, 11) is -0.352. The SMILES string of the molecule is COCCN1C(=O)[C@@H]([C@H](O)C2CCCCC2)NC(=O)C12CCN(Cc1ccc(Oc3ccc(NS(C)(=O)=O)cc3OC)cc1)CC2. The van der Waals surface area contributed by atoms with Crippen molar-refractivity contribution in [2.75, 3.05) is 51.4 Å². The molecular formula is C33H46N4O8S. The number of rotatable bonds is 12. The number of carbonyl (C=O) groups excluding carboxylic acids is 2. The van der Waals surface area contributed by atoms with Crippen LogP contribution < -0.4 is 19.5 Å². The van der Waals surface area contributed by atoms with E-state index in [-0.39, 0.29) is 17.7 Å². The first-order chi connectivity index (χ1) is 22.0. The Morgan fingerprint density at radius 3 is 2.35 bits per heavy atom. The predicted octanol–water partition coefficient (Wildman–Crippen LogP) is 3.11. The van der Waals surface area contributed by atoms with Crippen LogP contribution in [0.3, 0.4) is 0 Å². The third kappa shape index (κ3) is 7.76. The van der Waals surface area contributed by atoms with Gasteiger partial charge >= 0.3 is 0 Å². The van der Waals surface area contributed by atoms with Crippen LogP contribution in [-0.4, -0.2) is 99.5 Å². The van der Waals surface area contributed by atoms with E-state index in [2.05, 4.69) is 14.9 Å². The maximum atomic E-state index is 13.8. The molecule has 0 bridgehead atoms. The fraction of sp³-hybridized carbons (Fsp3) is 0.576. The highest BCUT2D eigenvalue weighted by atomic mass is 32.2. The van der Waals surface area contributed by atoms with E-state index in [0.717, 1.165) is 43.9 Å². The van der Waals surface area contributed by atoms with Gasteiger partial charge in [-0.15, -0.1) is 0 Å². The van der Waals surface area contributed by atoms with E-state index < -0.39 is 27.7 Å². The van der Waals surface area contributed by atoms with Crippen molar-refractivity contribution in [3.63, 3.8) is 0 Å². The van der Waals surface area contributed by atoms with E-state index in [0.29, 0.717) is 68.6 Å². The van der Waals surface area contributed by atoms with Gasteiger partial charge in [0.2, 0.25) is 21.8 Å². The van der Waals surface area contributed by atoms with Crippen LogP contribution in [0, 0.1) is 5.92 Å². The molecule has 3 N–H and O–H groups in total. The number of piperidine rings is 1. The van der Waals surface area contributed by atoms with Crippen molar-refractivity contribution in [3.8, 4) is 17.2 Å². The summed E-state index contributed by atoms with van der Waals surface area (Å²) in [6.07, 6.45) is 6.14. The van der Waals surface area contributed by atoms with Crippen LogP contribution in [0.2, 0.25) is 0 Å². The number of anilines is 1. The van der Waals surface area contributed by atoms with Gasteiger partial charge in [0.15, 0.2) is 11.5 Å². The van der Waals surface area contributed by atoms with Gasteiger partial charge in [-0.05, 0) is 61.4 Å². The molecule has 3 fully saturated rings. The third-order valence-electron chi connectivity index (χ3n) is 9.46. The third-order valence-corrected chi connectivity index (χ3v) is 10.1. The number of likely N-dealkylation sites (tertiary alicyclic amines) is 1. The zero-order valence-corrected chi connectivity index (χ0v) is 27.7. The number of piperazine rings is 1. The second kappa shape index (κ2) is 14.6. The Labute approximate surface area is 271 Å². The van der Waals surface area contributed by atoms with Gasteiger partial charge in [0.05, 0.1) is 31.8 Å². The van der Waals surface area contributed by atoms with Crippen LogP contribution in [0.25, 0.3) is 0 Å². The minimum absolute atomic E-state index is 0.0202. The summed E-state index contributed by atoms with van der Waals surface area (Å²) in [4.78, 5) is 31.5. The van der Waals surface area contributed by atoms with Crippen LogP contribution in [0.15, 0.2) is 42.5 Å². The van der Waals surface area contributed by atoms with Crippen LogP contribution in [-0.2, 0) is 30.9 Å². The highest BCUT2D eigenvalue weighted by Gasteiger charge is 2.55. The quantitative estimate of drug-likeness (QED) is 0.313. The molecule has 2 aliphatic heterocycles. The van der Waals surface area contributed by atoms with Crippen LogP contribution in [0.1, 0.15) is 50.5 Å². The zero-order chi connectivity index (χ0) is 32.9. The molecule has 13 heteroatoms. The second-order valence-corrected chi connectivity index (χ2v) is 14.4. The minimum atomic E-state index is -3.42. The van der Waals surface area contributed by atoms with E-state index in [1.807, 2.05) is 24.3 Å². The number of hydrogen-bond donors (Lipinski definition) is 3. The molecule has 2 amide bonds. The number of aliphatic hydroxyl groups excluding tert-OH is 1. The first kappa shape index (κ1) is 34.0. The number of nitrogens with one attached hydrogen (secondary N) is 2. The molecule has 2 heterocycles. The van der Waals surface area contributed by atoms with Crippen molar-refractivity contribution in [2.45, 2.75) is 69.2 Å². The van der Waals surface area contributed by atoms with Crippen LogP contribution >= 0.6 is 0 Å². The van der Waals surface area contributed by atoms with E-state index in [9.17, 15) is 23.1 Å². The van der Waals surface area contributed by atoms with Crippen LogP contribution in [0.4, 0.5) is 5.69 Å². The summed E-state index contributed by atoms with van der Waals surface area (Å²) in [5.74, 6) is 1.06. The highest BCUT2D eigenvalue weighted by molar-refractivity contribution is 7.92. The number of carbonyl (C=O) groups is 2. The zero-order valence-electron chi connectivity index (χ0n) is 26.9. The molecule has 12 nitrogen and oxygen atoms in total. The molecule has 1 aliphatic carbocycles. The second-order valence-electron chi connectivity index (χ2n) is 12.6. The maximum absolute atomic E-state index is 13.8. The number of aliphatic hydroxyl groups is 1. The van der Waals surface area contributed by atoms with E-state index in [4.69, 9.17) is 14.2 Å². The molecular weight excluding hydrogens is 612 g/mol. The Balaban J connectivity index is 1.20. The molecule has 252 valence electrons. The molecule has 5 rings (SSSR count). The van der Waals surface area contributed by atoms with E-state index in [1.165, 1.54) is 7.11 Å². The predicted molar refractivity (Wildman–Crippen MR) is 173 cm³/mol. The summed E-state index contributed by atoms with van der Waals surface area (Å²) < 4.78 is 42.3. The van der Waals surface area contributed by atoms with Crippen molar-refractivity contribution >= 4 is 27.5 Å². The molecule has 1 saturated carbocycles. The van der Waals surface area contributed by atoms with Gasteiger partial charge in [0.25, 0.3) is 0 Å². The highest BCUT2D eigenvalue weighted by Crippen LogP contribution is 2.37. The first-order valence-corrected chi connectivity index (χ1v) is 17.9. The summed E-state index contributed by atoms with van der Waals surface area (Å²) in [6, 6.07) is 11.6. The smallest absolute Gasteiger partial charge is 0.248 e. The molecule has 2 aromatic carbocycles. The average molecular weight is 659 g/mol. The Kier molecular flexibility index (Phi) is 10.8. The van der Waals surface area contributed by atoms with Crippen molar-refractivity contribution < 1.29 is 37.3 Å². The molecule has 2 saturated heterocycles. The number of benzene rings is 2. The molecule has 0 radical (unpaired) electrons. The van der Waals surface area contributed by atoms with Crippen LogP contribution in [0.5, 0.6) is 17.2 Å². The summed E-state index contributed by atoms with van der Waals surface area (Å²) in [6.45, 7) is 2.55. The van der Waals surface area contributed by atoms with Gasteiger partial charge in [-0.3, -0.25) is 19.2 Å². The maximum Gasteiger partial charge on any atom is 0.248 e. The Morgan fingerprint density at radius 1 is 1.02 bits per heavy atom.